The highest BCUT2D eigenvalue weighted by Gasteiger charge is 2.11. The van der Waals surface area contributed by atoms with Crippen molar-refractivity contribution < 1.29 is 9.53 Å². The molecule has 4 heteroatoms. The summed E-state index contributed by atoms with van der Waals surface area (Å²) in [6.45, 7) is 0.415. The van der Waals surface area contributed by atoms with Gasteiger partial charge in [0.05, 0.1) is 6.42 Å². The van der Waals surface area contributed by atoms with Crippen LogP contribution in [-0.2, 0) is 17.8 Å². The van der Waals surface area contributed by atoms with Crippen LogP contribution in [0.2, 0.25) is 0 Å². The third kappa shape index (κ3) is 4.18. The number of anilines is 1. The second-order valence-electron chi connectivity index (χ2n) is 6.49. The van der Waals surface area contributed by atoms with Crippen molar-refractivity contribution in [2.45, 2.75) is 13.0 Å². The molecule has 0 unspecified atom stereocenters. The quantitative estimate of drug-likeness (QED) is 0.521. The third-order valence-corrected chi connectivity index (χ3v) is 4.50. The third-order valence-electron chi connectivity index (χ3n) is 4.50. The van der Waals surface area contributed by atoms with Gasteiger partial charge in [-0.25, -0.2) is 4.98 Å². The van der Waals surface area contributed by atoms with E-state index in [9.17, 15) is 4.79 Å². The number of carbonyl (C=O) groups is 1. The Bertz CT molecular complexity index is 1090. The summed E-state index contributed by atoms with van der Waals surface area (Å²) in [5.74, 6) is 0.862. The maximum Gasteiger partial charge on any atom is 0.230 e. The summed E-state index contributed by atoms with van der Waals surface area (Å²) in [7, 11) is 0. The van der Waals surface area contributed by atoms with E-state index >= 15 is 0 Å². The van der Waals surface area contributed by atoms with E-state index in [1.807, 2.05) is 78.9 Å². The highest BCUT2D eigenvalue weighted by atomic mass is 16.5. The minimum absolute atomic E-state index is 0.125. The Morgan fingerprint density at radius 3 is 2.54 bits per heavy atom. The number of fused-ring (bicyclic) bond motifs is 1. The highest BCUT2D eigenvalue weighted by Crippen LogP contribution is 2.23. The summed E-state index contributed by atoms with van der Waals surface area (Å²) in [5, 5.41) is 5.09. The standard InChI is InChI=1S/C24H20N2O2/c27-23(16-20-12-6-11-19-10-4-5-13-21(19)20)26-24-22(14-7-15-25-24)28-17-18-8-2-1-3-9-18/h1-15H,16-17H2,(H,25,26,27). The smallest absolute Gasteiger partial charge is 0.230 e. The first-order valence-corrected chi connectivity index (χ1v) is 9.18. The van der Waals surface area contributed by atoms with Crippen LogP contribution in [0.5, 0.6) is 5.75 Å². The molecule has 1 amide bonds. The molecule has 4 nitrogen and oxygen atoms in total. The van der Waals surface area contributed by atoms with Crippen molar-refractivity contribution >= 4 is 22.5 Å². The second-order valence-corrected chi connectivity index (χ2v) is 6.49. The van der Waals surface area contributed by atoms with Gasteiger partial charge in [-0.05, 0) is 34.0 Å². The number of hydrogen-bond acceptors (Lipinski definition) is 3. The largest absolute Gasteiger partial charge is 0.485 e. The van der Waals surface area contributed by atoms with Gasteiger partial charge in [0.25, 0.3) is 0 Å². The van der Waals surface area contributed by atoms with Gasteiger partial charge in [-0.1, -0.05) is 72.8 Å². The van der Waals surface area contributed by atoms with Crippen LogP contribution in [0.4, 0.5) is 5.82 Å². The SMILES string of the molecule is O=C(Cc1cccc2ccccc12)Nc1ncccc1OCc1ccccc1. The van der Waals surface area contributed by atoms with Crippen LogP contribution in [0.15, 0.2) is 91.1 Å². The molecule has 0 saturated carbocycles. The molecule has 0 spiro atoms. The number of hydrogen-bond donors (Lipinski definition) is 1. The van der Waals surface area contributed by atoms with Gasteiger partial charge in [-0.2, -0.15) is 0 Å². The summed E-state index contributed by atoms with van der Waals surface area (Å²) in [5.41, 5.74) is 2.04. The number of carbonyl (C=O) groups excluding carboxylic acids is 1. The Morgan fingerprint density at radius 1 is 0.857 bits per heavy atom. The van der Waals surface area contributed by atoms with Crippen molar-refractivity contribution in [2.24, 2.45) is 0 Å². The molecule has 0 saturated heterocycles. The maximum absolute atomic E-state index is 12.6. The van der Waals surface area contributed by atoms with Gasteiger partial charge < -0.3 is 10.1 Å². The van der Waals surface area contributed by atoms with Crippen molar-refractivity contribution in [1.82, 2.24) is 4.98 Å². The Labute approximate surface area is 163 Å². The van der Waals surface area contributed by atoms with E-state index in [0.29, 0.717) is 18.2 Å². The lowest BCUT2D eigenvalue weighted by molar-refractivity contribution is -0.115. The summed E-state index contributed by atoms with van der Waals surface area (Å²) in [4.78, 5) is 16.9. The van der Waals surface area contributed by atoms with E-state index in [0.717, 1.165) is 21.9 Å². The van der Waals surface area contributed by atoms with Gasteiger partial charge in [0, 0.05) is 6.20 Å². The van der Waals surface area contributed by atoms with E-state index in [2.05, 4.69) is 10.3 Å². The molecule has 0 aliphatic heterocycles. The molecular formula is C24H20N2O2. The molecule has 0 fully saturated rings. The lowest BCUT2D eigenvalue weighted by Gasteiger charge is -2.12. The van der Waals surface area contributed by atoms with Gasteiger partial charge >= 0.3 is 0 Å². The molecule has 0 aliphatic rings. The number of nitrogens with one attached hydrogen (secondary N) is 1. The zero-order valence-electron chi connectivity index (χ0n) is 15.3. The molecule has 138 valence electrons. The van der Waals surface area contributed by atoms with Gasteiger partial charge in [0.2, 0.25) is 5.91 Å². The second kappa shape index (κ2) is 8.35. The number of pyridine rings is 1. The topological polar surface area (TPSA) is 51.2 Å². The van der Waals surface area contributed by atoms with E-state index < -0.39 is 0 Å². The van der Waals surface area contributed by atoms with Crippen LogP contribution in [0, 0.1) is 0 Å². The fourth-order valence-corrected chi connectivity index (χ4v) is 3.13. The van der Waals surface area contributed by atoms with Crippen molar-refractivity contribution in [2.75, 3.05) is 5.32 Å². The molecule has 0 atom stereocenters. The van der Waals surface area contributed by atoms with Crippen LogP contribution < -0.4 is 10.1 Å². The number of aromatic nitrogens is 1. The minimum atomic E-state index is -0.125. The lowest BCUT2D eigenvalue weighted by atomic mass is 10.0. The normalized spacial score (nSPS) is 10.6. The molecule has 0 bridgehead atoms. The Morgan fingerprint density at radius 2 is 1.64 bits per heavy atom. The minimum Gasteiger partial charge on any atom is -0.485 e. The molecule has 0 aliphatic carbocycles. The Balaban J connectivity index is 1.47. The number of ether oxygens (including phenoxy) is 1. The number of benzene rings is 3. The fraction of sp³-hybridized carbons (Fsp3) is 0.0833. The van der Waals surface area contributed by atoms with Gasteiger partial charge in [-0.3, -0.25) is 4.79 Å². The molecular weight excluding hydrogens is 348 g/mol. The summed E-state index contributed by atoms with van der Waals surface area (Å²) in [6, 6.07) is 27.6. The van der Waals surface area contributed by atoms with E-state index in [1.165, 1.54) is 0 Å². The van der Waals surface area contributed by atoms with Crippen LogP contribution >= 0.6 is 0 Å². The van der Waals surface area contributed by atoms with Crippen LogP contribution in [0.3, 0.4) is 0 Å². The van der Waals surface area contributed by atoms with Gasteiger partial charge in [0.15, 0.2) is 11.6 Å². The molecule has 28 heavy (non-hydrogen) atoms. The van der Waals surface area contributed by atoms with Crippen molar-refractivity contribution in [3.8, 4) is 5.75 Å². The molecule has 4 aromatic rings. The predicted molar refractivity (Wildman–Crippen MR) is 111 cm³/mol. The summed E-state index contributed by atoms with van der Waals surface area (Å²) < 4.78 is 5.87. The van der Waals surface area contributed by atoms with Gasteiger partial charge in [0.1, 0.15) is 6.61 Å². The van der Waals surface area contributed by atoms with Crippen LogP contribution in [0.1, 0.15) is 11.1 Å². The fourth-order valence-electron chi connectivity index (χ4n) is 3.13. The average molecular weight is 368 g/mol. The van der Waals surface area contributed by atoms with Crippen LogP contribution in [0.25, 0.3) is 10.8 Å². The first-order valence-electron chi connectivity index (χ1n) is 9.18. The lowest BCUT2D eigenvalue weighted by Crippen LogP contribution is -2.16. The monoisotopic (exact) mass is 368 g/mol. The molecule has 1 aromatic heterocycles. The number of nitrogens with zero attached hydrogens (tertiary/aromatic N) is 1. The van der Waals surface area contributed by atoms with Gasteiger partial charge in [-0.15, -0.1) is 0 Å². The molecule has 1 N–H and O–H groups in total. The summed E-state index contributed by atoms with van der Waals surface area (Å²) in [6.07, 6.45) is 1.92. The van der Waals surface area contributed by atoms with E-state index in [4.69, 9.17) is 4.74 Å². The number of rotatable bonds is 6. The first-order chi connectivity index (χ1) is 13.8. The molecule has 4 rings (SSSR count). The Hall–Kier alpha value is -3.66. The van der Waals surface area contributed by atoms with Crippen LogP contribution in [-0.4, -0.2) is 10.9 Å². The zero-order valence-corrected chi connectivity index (χ0v) is 15.3. The predicted octanol–water partition coefficient (Wildman–Crippen LogP) is 5.00. The Kier molecular flexibility index (Phi) is 5.29. The maximum atomic E-state index is 12.6. The first kappa shape index (κ1) is 17.7. The molecule has 0 radical (unpaired) electrons. The zero-order chi connectivity index (χ0) is 19.2. The average Bonchev–Trinajstić information content (AvgIpc) is 2.74. The van der Waals surface area contributed by atoms with Crippen molar-refractivity contribution in [3.63, 3.8) is 0 Å². The highest BCUT2D eigenvalue weighted by molar-refractivity contribution is 5.96. The molecule has 3 aromatic carbocycles. The summed E-state index contributed by atoms with van der Waals surface area (Å²) >= 11 is 0. The molecule has 1 heterocycles. The van der Waals surface area contributed by atoms with Crippen molar-refractivity contribution in [3.05, 3.63) is 102 Å². The van der Waals surface area contributed by atoms with E-state index in [1.54, 1.807) is 12.3 Å². The van der Waals surface area contributed by atoms with Crippen molar-refractivity contribution in [1.29, 1.82) is 0 Å². The van der Waals surface area contributed by atoms with E-state index in [-0.39, 0.29) is 12.3 Å². The number of amides is 1.